The molecule has 0 N–H and O–H groups in total. The number of aromatic nitrogens is 3. The van der Waals surface area contributed by atoms with Gasteiger partial charge in [0.1, 0.15) is 0 Å². The summed E-state index contributed by atoms with van der Waals surface area (Å²) >= 11 is 0. The maximum atomic E-state index is 5.32. The zero-order valence-electron chi connectivity index (χ0n) is 29.7. The van der Waals surface area contributed by atoms with Gasteiger partial charge < -0.3 is 0 Å². The molecule has 9 aromatic rings. The van der Waals surface area contributed by atoms with Crippen molar-refractivity contribution in [2.75, 3.05) is 0 Å². The van der Waals surface area contributed by atoms with Gasteiger partial charge in [0, 0.05) is 23.5 Å². The number of rotatable bonds is 6. The molecule has 3 heteroatoms. The van der Waals surface area contributed by atoms with Crippen LogP contribution >= 0.6 is 0 Å². The van der Waals surface area contributed by atoms with Crippen LogP contribution in [0.5, 0.6) is 0 Å². The van der Waals surface area contributed by atoms with Gasteiger partial charge in [-0.05, 0) is 109 Å². The molecule has 7 aromatic carbocycles. The summed E-state index contributed by atoms with van der Waals surface area (Å²) in [5.74, 6) is 0.718. The van der Waals surface area contributed by atoms with Gasteiger partial charge in [0.2, 0.25) is 0 Å². The maximum absolute atomic E-state index is 5.32. The van der Waals surface area contributed by atoms with Crippen molar-refractivity contribution in [1.29, 1.82) is 0 Å². The van der Waals surface area contributed by atoms with Crippen LogP contribution in [-0.2, 0) is 6.42 Å². The second kappa shape index (κ2) is 13.5. The Morgan fingerprint density at radius 1 is 0.389 bits per heavy atom. The zero-order valence-corrected chi connectivity index (χ0v) is 29.7. The first-order valence-corrected chi connectivity index (χ1v) is 18.6. The fourth-order valence-electron chi connectivity index (χ4n) is 8.06. The molecule has 0 aliphatic heterocycles. The summed E-state index contributed by atoms with van der Waals surface area (Å²) in [5.41, 5.74) is 14.8. The molecular formula is C51H35N3. The molecule has 0 saturated carbocycles. The molecule has 0 spiro atoms. The first-order valence-electron chi connectivity index (χ1n) is 18.6. The number of fused-ring (bicyclic) bond motifs is 3. The molecule has 0 atom stereocenters. The van der Waals surface area contributed by atoms with Crippen LogP contribution in [0, 0.1) is 0 Å². The molecule has 254 valence electrons. The maximum Gasteiger partial charge on any atom is 0.160 e. The van der Waals surface area contributed by atoms with E-state index in [-0.39, 0.29) is 0 Å². The lowest BCUT2D eigenvalue weighted by Gasteiger charge is -2.19. The van der Waals surface area contributed by atoms with Crippen molar-refractivity contribution in [3.8, 4) is 56.0 Å². The molecule has 0 fully saturated rings. The van der Waals surface area contributed by atoms with E-state index in [1.807, 2.05) is 12.3 Å². The molecule has 1 aliphatic rings. The molecule has 0 amide bonds. The molecule has 0 bridgehead atoms. The summed E-state index contributed by atoms with van der Waals surface area (Å²) in [6, 6.07) is 60.7. The van der Waals surface area contributed by atoms with Gasteiger partial charge in [-0.3, -0.25) is 4.98 Å². The van der Waals surface area contributed by atoms with E-state index < -0.39 is 0 Å². The molecule has 2 aromatic heterocycles. The molecule has 0 unspecified atom stereocenters. The summed E-state index contributed by atoms with van der Waals surface area (Å²) in [4.78, 5) is 14.9. The highest BCUT2D eigenvalue weighted by Gasteiger charge is 2.19. The Bertz CT molecular complexity index is 2800. The van der Waals surface area contributed by atoms with Crippen LogP contribution in [0.25, 0.3) is 89.2 Å². The predicted molar refractivity (Wildman–Crippen MR) is 225 cm³/mol. The highest BCUT2D eigenvalue weighted by molar-refractivity contribution is 6.21. The van der Waals surface area contributed by atoms with Crippen LogP contribution in [0.1, 0.15) is 23.2 Å². The molecule has 2 heterocycles. The van der Waals surface area contributed by atoms with Crippen molar-refractivity contribution >= 4 is 33.2 Å². The van der Waals surface area contributed by atoms with Crippen molar-refractivity contribution in [2.24, 2.45) is 0 Å². The average Bonchev–Trinajstić information content (AvgIpc) is 3.26. The number of pyridine rings is 1. The van der Waals surface area contributed by atoms with Crippen LogP contribution in [0.15, 0.2) is 182 Å². The minimum absolute atomic E-state index is 0.718. The molecule has 3 nitrogen and oxygen atoms in total. The highest BCUT2D eigenvalue weighted by atomic mass is 14.9. The van der Waals surface area contributed by atoms with Crippen molar-refractivity contribution in [3.05, 3.63) is 199 Å². The SMILES string of the molecule is C1=C(c2cc(-c3ccc(-c4cccnc4)cc3)nc(-c3cccc(-c4c5ccccc5c(-c5ccccc5)c5ccccc45)c3)n2)CCc2ccccc21. The number of benzene rings is 7. The molecule has 0 radical (unpaired) electrons. The minimum Gasteiger partial charge on any atom is -0.264 e. The van der Waals surface area contributed by atoms with Gasteiger partial charge in [-0.25, -0.2) is 9.97 Å². The van der Waals surface area contributed by atoms with E-state index in [0.29, 0.717) is 0 Å². The van der Waals surface area contributed by atoms with Crippen LogP contribution in [0.3, 0.4) is 0 Å². The number of nitrogens with zero attached hydrogens (tertiary/aromatic N) is 3. The summed E-state index contributed by atoms with van der Waals surface area (Å²) in [7, 11) is 0. The van der Waals surface area contributed by atoms with Gasteiger partial charge in [0.15, 0.2) is 5.82 Å². The van der Waals surface area contributed by atoms with Gasteiger partial charge in [-0.1, -0.05) is 152 Å². The van der Waals surface area contributed by atoms with E-state index in [1.54, 1.807) is 6.20 Å². The van der Waals surface area contributed by atoms with E-state index in [1.165, 1.54) is 54.9 Å². The Morgan fingerprint density at radius 2 is 0.981 bits per heavy atom. The van der Waals surface area contributed by atoms with Gasteiger partial charge in [-0.15, -0.1) is 0 Å². The van der Waals surface area contributed by atoms with E-state index in [9.17, 15) is 0 Å². The molecule has 1 aliphatic carbocycles. The van der Waals surface area contributed by atoms with E-state index in [0.717, 1.165) is 57.9 Å². The molecule has 54 heavy (non-hydrogen) atoms. The van der Waals surface area contributed by atoms with Crippen molar-refractivity contribution < 1.29 is 0 Å². The average molecular weight is 690 g/mol. The first kappa shape index (κ1) is 31.7. The van der Waals surface area contributed by atoms with E-state index in [2.05, 4.69) is 175 Å². The number of aryl methyl sites for hydroxylation is 1. The Labute approximate surface area is 315 Å². The standard InChI is InChI=1S/C51H35N3/c1-2-13-37(14-3-1)49-43-19-6-8-21-45(43)50(46-22-9-7-20-44(46)49)40-16-10-17-41(31-40)51-53-47(36-26-23-35(24-27-36)42-18-11-29-52-33-42)32-48(54-51)39-28-25-34-12-4-5-15-38(34)30-39/h1-24,26-27,29-33H,25,28H2. The van der Waals surface area contributed by atoms with Crippen LogP contribution in [0.2, 0.25) is 0 Å². The molecular weight excluding hydrogens is 655 g/mol. The van der Waals surface area contributed by atoms with Crippen molar-refractivity contribution in [2.45, 2.75) is 12.8 Å². The van der Waals surface area contributed by atoms with Crippen LogP contribution in [0.4, 0.5) is 0 Å². The number of allylic oxidation sites excluding steroid dienone is 1. The monoisotopic (exact) mass is 689 g/mol. The number of hydrogen-bond acceptors (Lipinski definition) is 3. The lowest BCUT2D eigenvalue weighted by atomic mass is 9.85. The van der Waals surface area contributed by atoms with Crippen molar-refractivity contribution in [3.63, 3.8) is 0 Å². The van der Waals surface area contributed by atoms with Gasteiger partial charge in [-0.2, -0.15) is 0 Å². The third-order valence-corrected chi connectivity index (χ3v) is 10.7. The largest absolute Gasteiger partial charge is 0.264 e. The van der Waals surface area contributed by atoms with Gasteiger partial charge in [0.05, 0.1) is 11.4 Å². The first-order chi connectivity index (χ1) is 26.8. The van der Waals surface area contributed by atoms with Crippen molar-refractivity contribution in [1.82, 2.24) is 15.0 Å². The Hall–Kier alpha value is -6.97. The number of hydrogen-bond donors (Lipinski definition) is 0. The van der Waals surface area contributed by atoms with E-state index in [4.69, 9.17) is 9.97 Å². The van der Waals surface area contributed by atoms with E-state index >= 15 is 0 Å². The third-order valence-electron chi connectivity index (χ3n) is 10.7. The normalized spacial score (nSPS) is 12.4. The van der Waals surface area contributed by atoms with Gasteiger partial charge >= 0.3 is 0 Å². The summed E-state index contributed by atoms with van der Waals surface area (Å²) in [6.07, 6.45) is 7.94. The summed E-state index contributed by atoms with van der Waals surface area (Å²) < 4.78 is 0. The minimum atomic E-state index is 0.718. The quantitative estimate of drug-likeness (QED) is 0.163. The summed E-state index contributed by atoms with van der Waals surface area (Å²) in [6.45, 7) is 0. The molecule has 10 rings (SSSR count). The fourth-order valence-corrected chi connectivity index (χ4v) is 8.06. The lowest BCUT2D eigenvalue weighted by molar-refractivity contribution is 0.987. The smallest absolute Gasteiger partial charge is 0.160 e. The fraction of sp³-hybridized carbons (Fsp3) is 0.0392. The molecule has 0 saturated heterocycles. The Morgan fingerprint density at radius 3 is 1.70 bits per heavy atom. The predicted octanol–water partition coefficient (Wildman–Crippen LogP) is 13.0. The van der Waals surface area contributed by atoms with Crippen LogP contribution in [-0.4, -0.2) is 15.0 Å². The second-order valence-electron chi connectivity index (χ2n) is 13.9. The van der Waals surface area contributed by atoms with Gasteiger partial charge in [0.25, 0.3) is 0 Å². The third kappa shape index (κ3) is 5.77. The topological polar surface area (TPSA) is 38.7 Å². The Kier molecular flexibility index (Phi) is 7.96. The van der Waals surface area contributed by atoms with Crippen LogP contribution < -0.4 is 0 Å². The Balaban J connectivity index is 1.14. The zero-order chi connectivity index (χ0) is 35.8. The highest BCUT2D eigenvalue weighted by Crippen LogP contribution is 2.44. The summed E-state index contributed by atoms with van der Waals surface area (Å²) in [5, 5.41) is 4.93. The lowest BCUT2D eigenvalue weighted by Crippen LogP contribution is -2.03. The second-order valence-corrected chi connectivity index (χ2v) is 13.9.